The largest absolute Gasteiger partial charge is 0.384 e. The van der Waals surface area contributed by atoms with Crippen LogP contribution < -0.4 is 0 Å². The van der Waals surface area contributed by atoms with Gasteiger partial charge in [-0.25, -0.2) is 0 Å². The van der Waals surface area contributed by atoms with E-state index >= 15 is 0 Å². The highest BCUT2D eigenvalue weighted by atomic mass is 35.5. The van der Waals surface area contributed by atoms with E-state index < -0.39 is 6.10 Å². The Morgan fingerprint density at radius 2 is 1.60 bits per heavy atom. The van der Waals surface area contributed by atoms with Crippen molar-refractivity contribution in [3.8, 4) is 0 Å². The molecule has 0 radical (unpaired) electrons. The molecule has 3 heteroatoms. The average Bonchev–Trinajstić information content (AvgIpc) is 2.36. The molecule has 106 valence electrons. The minimum absolute atomic E-state index is 0.532. The van der Waals surface area contributed by atoms with Crippen LogP contribution in [0.2, 0.25) is 10.0 Å². The highest BCUT2D eigenvalue weighted by molar-refractivity contribution is 6.34. The third kappa shape index (κ3) is 3.99. The molecule has 0 amide bonds. The van der Waals surface area contributed by atoms with Crippen LogP contribution in [0.3, 0.4) is 0 Å². The Balaban J connectivity index is 2.30. The highest BCUT2D eigenvalue weighted by Crippen LogP contribution is 2.28. The number of halogens is 2. The third-order valence-corrected chi connectivity index (χ3v) is 3.55. The fourth-order valence-corrected chi connectivity index (χ4v) is 2.83. The van der Waals surface area contributed by atoms with Gasteiger partial charge in [-0.05, 0) is 47.2 Å². The summed E-state index contributed by atoms with van der Waals surface area (Å²) in [6.07, 6.45) is 0.287. The lowest BCUT2D eigenvalue weighted by atomic mass is 9.96. The lowest BCUT2D eigenvalue weighted by Gasteiger charge is -2.14. The van der Waals surface area contributed by atoms with Crippen LogP contribution in [0.15, 0.2) is 42.5 Å². The molecule has 1 unspecified atom stereocenters. The molecule has 1 atom stereocenters. The summed E-state index contributed by atoms with van der Waals surface area (Å²) in [4.78, 5) is 0. The third-order valence-electron chi connectivity index (χ3n) is 3.11. The van der Waals surface area contributed by atoms with Crippen LogP contribution in [0.5, 0.6) is 0 Å². The summed E-state index contributed by atoms with van der Waals surface area (Å²) in [7, 11) is 0. The van der Waals surface area contributed by atoms with Crippen molar-refractivity contribution in [2.75, 3.05) is 0 Å². The van der Waals surface area contributed by atoms with Crippen LogP contribution in [0.1, 0.15) is 36.6 Å². The van der Waals surface area contributed by atoms with E-state index in [9.17, 15) is 5.11 Å². The summed E-state index contributed by atoms with van der Waals surface area (Å²) < 4.78 is 0. The van der Waals surface area contributed by atoms with Crippen LogP contribution in [-0.4, -0.2) is 5.11 Å². The standard InChI is InChI=1S/C17H18Cl2O/c1-11(2)6-12-4-3-5-13(7-12)17(20)14-8-15(18)10-16(19)9-14/h3-5,7-11,17,20H,6H2,1-2H3. The van der Waals surface area contributed by atoms with Crippen molar-refractivity contribution in [3.63, 3.8) is 0 Å². The molecular weight excluding hydrogens is 291 g/mol. The Kier molecular flexibility index (Phi) is 5.09. The Hall–Kier alpha value is -1.02. The molecule has 0 fully saturated rings. The van der Waals surface area contributed by atoms with Gasteiger partial charge in [0.25, 0.3) is 0 Å². The topological polar surface area (TPSA) is 20.2 Å². The van der Waals surface area contributed by atoms with E-state index in [2.05, 4.69) is 19.9 Å². The molecule has 20 heavy (non-hydrogen) atoms. The molecular formula is C17H18Cl2O. The second kappa shape index (κ2) is 6.62. The van der Waals surface area contributed by atoms with Gasteiger partial charge in [-0.1, -0.05) is 61.3 Å². The predicted octanol–water partition coefficient (Wildman–Crippen LogP) is 5.27. The van der Waals surface area contributed by atoms with E-state index in [1.165, 1.54) is 5.56 Å². The van der Waals surface area contributed by atoms with Gasteiger partial charge < -0.3 is 5.11 Å². The molecule has 0 spiro atoms. The van der Waals surface area contributed by atoms with Crippen LogP contribution >= 0.6 is 23.2 Å². The molecule has 0 saturated heterocycles. The number of hydrogen-bond donors (Lipinski definition) is 1. The number of benzene rings is 2. The van der Waals surface area contributed by atoms with Gasteiger partial charge in [-0.3, -0.25) is 0 Å². The molecule has 2 aromatic rings. The van der Waals surface area contributed by atoms with Crippen LogP contribution in [-0.2, 0) is 6.42 Å². The summed E-state index contributed by atoms with van der Waals surface area (Å²) in [6, 6.07) is 13.2. The van der Waals surface area contributed by atoms with Crippen LogP contribution in [0.25, 0.3) is 0 Å². The van der Waals surface area contributed by atoms with Crippen molar-refractivity contribution in [2.24, 2.45) is 5.92 Å². The van der Waals surface area contributed by atoms with Gasteiger partial charge in [-0.15, -0.1) is 0 Å². The molecule has 2 aromatic carbocycles. The van der Waals surface area contributed by atoms with Gasteiger partial charge >= 0.3 is 0 Å². The molecule has 0 aliphatic heterocycles. The fourth-order valence-electron chi connectivity index (χ4n) is 2.29. The molecule has 0 bridgehead atoms. The molecule has 1 N–H and O–H groups in total. The first-order valence-electron chi connectivity index (χ1n) is 6.68. The molecule has 2 rings (SSSR count). The Bertz CT molecular complexity index is 573. The number of rotatable bonds is 4. The first-order chi connectivity index (χ1) is 9.45. The monoisotopic (exact) mass is 308 g/mol. The van der Waals surface area contributed by atoms with E-state index in [0.29, 0.717) is 21.5 Å². The molecule has 0 aromatic heterocycles. The quantitative estimate of drug-likeness (QED) is 0.815. The SMILES string of the molecule is CC(C)Cc1cccc(C(O)c2cc(Cl)cc(Cl)c2)c1. The second-order valence-corrected chi connectivity index (χ2v) is 6.32. The average molecular weight is 309 g/mol. The zero-order valence-electron chi connectivity index (χ0n) is 11.6. The summed E-state index contributed by atoms with van der Waals surface area (Å²) >= 11 is 12.0. The summed E-state index contributed by atoms with van der Waals surface area (Å²) in [5.41, 5.74) is 2.80. The van der Waals surface area contributed by atoms with Crippen LogP contribution in [0, 0.1) is 5.92 Å². The van der Waals surface area contributed by atoms with Crippen molar-refractivity contribution in [1.82, 2.24) is 0 Å². The van der Waals surface area contributed by atoms with Crippen molar-refractivity contribution in [3.05, 3.63) is 69.2 Å². The smallest absolute Gasteiger partial charge is 0.104 e. The van der Waals surface area contributed by atoms with Crippen molar-refractivity contribution in [1.29, 1.82) is 0 Å². The van der Waals surface area contributed by atoms with Gasteiger partial charge in [0.15, 0.2) is 0 Å². The van der Waals surface area contributed by atoms with Crippen molar-refractivity contribution < 1.29 is 5.11 Å². The van der Waals surface area contributed by atoms with Gasteiger partial charge in [0.05, 0.1) is 0 Å². The Labute approximate surface area is 130 Å². The lowest BCUT2D eigenvalue weighted by molar-refractivity contribution is 0.220. The maximum Gasteiger partial charge on any atom is 0.104 e. The first kappa shape index (κ1) is 15.4. The zero-order valence-corrected chi connectivity index (χ0v) is 13.1. The zero-order chi connectivity index (χ0) is 14.7. The lowest BCUT2D eigenvalue weighted by Crippen LogP contribution is -2.02. The molecule has 0 heterocycles. The van der Waals surface area contributed by atoms with Gasteiger partial charge in [0.2, 0.25) is 0 Å². The van der Waals surface area contributed by atoms with Crippen LogP contribution in [0.4, 0.5) is 0 Å². The van der Waals surface area contributed by atoms with Crippen molar-refractivity contribution in [2.45, 2.75) is 26.4 Å². The number of hydrogen-bond acceptors (Lipinski definition) is 1. The first-order valence-corrected chi connectivity index (χ1v) is 7.44. The molecule has 0 aliphatic carbocycles. The predicted molar refractivity (Wildman–Crippen MR) is 85.5 cm³/mol. The molecule has 1 nitrogen and oxygen atoms in total. The normalized spacial score (nSPS) is 12.7. The summed E-state index contributed by atoms with van der Waals surface area (Å²) in [5.74, 6) is 0.586. The van der Waals surface area contributed by atoms with E-state index in [-0.39, 0.29) is 0 Å². The number of aliphatic hydroxyl groups excluding tert-OH is 1. The van der Waals surface area contributed by atoms with Gasteiger partial charge in [0.1, 0.15) is 6.10 Å². The summed E-state index contributed by atoms with van der Waals surface area (Å²) in [5, 5.41) is 11.5. The Morgan fingerprint density at radius 1 is 0.950 bits per heavy atom. The van der Waals surface area contributed by atoms with Gasteiger partial charge in [0, 0.05) is 10.0 Å². The fraction of sp³-hybridized carbons (Fsp3) is 0.294. The summed E-state index contributed by atoms with van der Waals surface area (Å²) in [6.45, 7) is 4.36. The van der Waals surface area contributed by atoms with E-state index in [1.54, 1.807) is 18.2 Å². The molecule has 0 saturated carbocycles. The maximum absolute atomic E-state index is 10.5. The minimum atomic E-state index is -0.710. The van der Waals surface area contributed by atoms with Gasteiger partial charge in [-0.2, -0.15) is 0 Å². The Morgan fingerprint density at radius 3 is 2.20 bits per heavy atom. The molecule has 0 aliphatic rings. The minimum Gasteiger partial charge on any atom is -0.384 e. The van der Waals surface area contributed by atoms with E-state index in [0.717, 1.165) is 12.0 Å². The highest BCUT2D eigenvalue weighted by Gasteiger charge is 2.12. The van der Waals surface area contributed by atoms with Crippen molar-refractivity contribution >= 4 is 23.2 Å². The second-order valence-electron chi connectivity index (χ2n) is 5.45. The van der Waals surface area contributed by atoms with E-state index in [1.807, 2.05) is 18.2 Å². The number of aliphatic hydroxyl groups is 1. The maximum atomic E-state index is 10.5. The van der Waals surface area contributed by atoms with E-state index in [4.69, 9.17) is 23.2 Å².